The van der Waals surface area contributed by atoms with E-state index in [9.17, 15) is 27.9 Å². The highest BCUT2D eigenvalue weighted by Gasteiger charge is 2.36. The topological polar surface area (TPSA) is 120 Å². The van der Waals surface area contributed by atoms with Gasteiger partial charge in [0.25, 0.3) is 0 Å². The van der Waals surface area contributed by atoms with E-state index in [1.54, 1.807) is 6.07 Å². The van der Waals surface area contributed by atoms with Gasteiger partial charge in [0.05, 0.1) is 26.1 Å². The van der Waals surface area contributed by atoms with Crippen molar-refractivity contribution in [2.24, 2.45) is 0 Å². The van der Waals surface area contributed by atoms with Crippen LogP contribution in [0.15, 0.2) is 12.3 Å². The van der Waals surface area contributed by atoms with Crippen molar-refractivity contribution in [1.82, 2.24) is 20.1 Å². The van der Waals surface area contributed by atoms with Crippen LogP contribution in [0.5, 0.6) is 5.06 Å². The average Bonchev–Trinajstić information content (AvgIpc) is 3.41. The number of hydrogen-bond acceptors (Lipinski definition) is 6. The number of methoxy groups -OCH3 is 1. The number of aromatic amines is 1. The molecule has 170 valence electrons. The summed E-state index contributed by atoms with van der Waals surface area (Å²) in [5.74, 6) is -0.0678. The van der Waals surface area contributed by atoms with E-state index in [-0.39, 0.29) is 18.2 Å². The fourth-order valence-corrected chi connectivity index (χ4v) is 4.34. The maximum Gasteiger partial charge on any atom is 0.407 e. The first-order chi connectivity index (χ1) is 14.6. The van der Waals surface area contributed by atoms with Crippen LogP contribution in [-0.4, -0.2) is 63.1 Å². The van der Waals surface area contributed by atoms with E-state index in [0.717, 1.165) is 4.90 Å². The number of nitrogens with zero attached hydrogens (tertiary/aromatic N) is 3. The van der Waals surface area contributed by atoms with Crippen LogP contribution in [0.2, 0.25) is 0 Å². The molecule has 1 aliphatic carbocycles. The summed E-state index contributed by atoms with van der Waals surface area (Å²) in [6, 6.07) is 1.17. The van der Waals surface area contributed by atoms with Gasteiger partial charge in [-0.15, -0.1) is 0 Å². The Bertz CT molecular complexity index is 916. The maximum absolute atomic E-state index is 12.5. The van der Waals surface area contributed by atoms with E-state index in [1.165, 1.54) is 24.6 Å². The summed E-state index contributed by atoms with van der Waals surface area (Å²) in [7, 11) is 1.52. The summed E-state index contributed by atoms with van der Waals surface area (Å²) in [6.07, 6.45) is -3.89. The molecule has 0 unspecified atom stereocenters. The third-order valence-corrected chi connectivity index (χ3v) is 6.04. The zero-order valence-electron chi connectivity index (χ0n) is 16.6. The second kappa shape index (κ2) is 9.54. The zero-order valence-corrected chi connectivity index (χ0v) is 17.4. The van der Waals surface area contributed by atoms with Crippen LogP contribution >= 0.6 is 11.3 Å². The van der Waals surface area contributed by atoms with Gasteiger partial charge in [0, 0.05) is 30.3 Å². The molecule has 2 amide bonds. The Balaban J connectivity index is 1.54. The first-order valence-electron chi connectivity index (χ1n) is 9.54. The molecule has 1 saturated carbocycles. The van der Waals surface area contributed by atoms with Crippen molar-refractivity contribution >= 4 is 29.2 Å². The molecule has 1 aliphatic rings. The van der Waals surface area contributed by atoms with Crippen LogP contribution in [0.4, 0.5) is 23.8 Å². The van der Waals surface area contributed by atoms with Gasteiger partial charge in [-0.3, -0.25) is 9.89 Å². The van der Waals surface area contributed by atoms with Crippen molar-refractivity contribution in [3.05, 3.63) is 23.0 Å². The number of halogens is 3. The number of H-pyrrole nitrogens is 1. The number of nitrogens with one attached hydrogen (secondary N) is 2. The van der Waals surface area contributed by atoms with E-state index in [2.05, 4.69) is 20.5 Å². The summed E-state index contributed by atoms with van der Waals surface area (Å²) in [5.41, 5.74) is 0.704. The second-order valence-corrected chi connectivity index (χ2v) is 8.29. The van der Waals surface area contributed by atoms with Gasteiger partial charge in [-0.2, -0.15) is 18.3 Å². The summed E-state index contributed by atoms with van der Waals surface area (Å²) in [6.45, 7) is -0.581. The number of anilines is 1. The molecule has 13 heteroatoms. The third-order valence-electron chi connectivity index (χ3n) is 5.08. The van der Waals surface area contributed by atoms with Gasteiger partial charge in [0.15, 0.2) is 10.9 Å². The van der Waals surface area contributed by atoms with Crippen LogP contribution in [-0.2, 0) is 11.2 Å². The van der Waals surface area contributed by atoms with Crippen molar-refractivity contribution in [3.63, 3.8) is 0 Å². The van der Waals surface area contributed by atoms with Crippen molar-refractivity contribution in [1.29, 1.82) is 0 Å². The molecule has 2 aromatic heterocycles. The molecule has 2 aromatic rings. The predicted octanol–water partition coefficient (Wildman–Crippen LogP) is 3.62. The number of carboxylic acid groups (broad SMARTS) is 1. The number of aromatic nitrogens is 3. The summed E-state index contributed by atoms with van der Waals surface area (Å²) >= 11 is 1.26. The number of alkyl halides is 3. The summed E-state index contributed by atoms with van der Waals surface area (Å²) < 4.78 is 42.5. The number of carbonyl (C=O) groups excluding carboxylic acids is 1. The lowest BCUT2D eigenvalue weighted by molar-refractivity contribution is -0.137. The molecule has 3 rings (SSSR count). The second-order valence-electron chi connectivity index (χ2n) is 7.22. The largest absolute Gasteiger partial charge is 0.486 e. The number of ether oxygens (including phenoxy) is 1. The highest BCUT2D eigenvalue weighted by atomic mass is 32.1. The molecule has 0 bridgehead atoms. The van der Waals surface area contributed by atoms with Crippen molar-refractivity contribution in [2.75, 3.05) is 19.0 Å². The number of rotatable bonds is 8. The Kier molecular flexibility index (Phi) is 7.03. The van der Waals surface area contributed by atoms with E-state index >= 15 is 0 Å². The normalized spacial score (nSPS) is 18.7. The van der Waals surface area contributed by atoms with Crippen LogP contribution in [0, 0.1) is 0 Å². The highest BCUT2D eigenvalue weighted by Crippen LogP contribution is 2.37. The van der Waals surface area contributed by atoms with Gasteiger partial charge in [0.2, 0.25) is 5.91 Å². The van der Waals surface area contributed by atoms with Crippen LogP contribution in [0.1, 0.15) is 42.3 Å². The molecule has 31 heavy (non-hydrogen) atoms. The first kappa shape index (κ1) is 22.8. The molecule has 9 nitrogen and oxygen atoms in total. The SMILES string of the molecule is COc1cnc(CC(=O)Nc2cc([C@H]3CC[C@@H](N(CCC(F)(F)F)C(=O)O)C3)[nH]n2)s1. The summed E-state index contributed by atoms with van der Waals surface area (Å²) in [5, 5.41) is 20.1. The number of carbonyl (C=O) groups is 2. The molecule has 0 radical (unpaired) electrons. The van der Waals surface area contributed by atoms with E-state index < -0.39 is 31.3 Å². The van der Waals surface area contributed by atoms with Crippen molar-refractivity contribution in [3.8, 4) is 5.06 Å². The van der Waals surface area contributed by atoms with E-state index in [0.29, 0.717) is 40.8 Å². The van der Waals surface area contributed by atoms with Crippen LogP contribution in [0.3, 0.4) is 0 Å². The minimum Gasteiger partial charge on any atom is -0.486 e. The zero-order chi connectivity index (χ0) is 22.6. The fourth-order valence-electron chi connectivity index (χ4n) is 3.61. The molecular weight excluding hydrogens is 439 g/mol. The Morgan fingerprint density at radius 1 is 1.42 bits per heavy atom. The van der Waals surface area contributed by atoms with Gasteiger partial charge in [-0.1, -0.05) is 11.3 Å². The number of hydrogen-bond donors (Lipinski definition) is 3. The Labute approximate surface area is 179 Å². The minimum absolute atomic E-state index is 0.0640. The Morgan fingerprint density at radius 3 is 2.84 bits per heavy atom. The standard InChI is InChI=1S/C18H22F3N5O4S/c1-30-16-9-22-15(31-16)8-14(27)23-13-7-12(24-25-13)10-2-3-11(6-10)26(17(28)29)5-4-18(19,20)21/h7,9-11H,2-6,8H2,1H3,(H,28,29)(H2,23,24,25,27)/t10-,11+/m0/s1. The molecule has 2 heterocycles. The number of amides is 2. The van der Waals surface area contributed by atoms with Crippen molar-refractivity contribution < 1.29 is 32.6 Å². The Morgan fingerprint density at radius 2 is 2.19 bits per heavy atom. The summed E-state index contributed by atoms with van der Waals surface area (Å²) in [4.78, 5) is 28.6. The molecule has 1 fully saturated rings. The molecule has 0 aliphatic heterocycles. The molecule has 0 aromatic carbocycles. The van der Waals surface area contributed by atoms with Gasteiger partial charge in [0.1, 0.15) is 5.01 Å². The van der Waals surface area contributed by atoms with E-state index in [4.69, 9.17) is 4.74 Å². The van der Waals surface area contributed by atoms with Crippen molar-refractivity contribution in [2.45, 2.75) is 50.2 Å². The average molecular weight is 461 g/mol. The first-order valence-corrected chi connectivity index (χ1v) is 10.4. The van der Waals surface area contributed by atoms with Gasteiger partial charge in [-0.25, -0.2) is 9.78 Å². The molecule has 0 saturated heterocycles. The smallest absolute Gasteiger partial charge is 0.407 e. The molecule has 0 spiro atoms. The molecule has 2 atom stereocenters. The van der Waals surface area contributed by atoms with Gasteiger partial charge in [-0.05, 0) is 19.3 Å². The Hall–Kier alpha value is -2.83. The lowest BCUT2D eigenvalue weighted by atomic mass is 10.0. The lowest BCUT2D eigenvalue weighted by Crippen LogP contribution is -2.40. The molecular formula is C18H22F3N5O4S. The van der Waals surface area contributed by atoms with Crippen LogP contribution in [0.25, 0.3) is 0 Å². The predicted molar refractivity (Wildman–Crippen MR) is 105 cm³/mol. The maximum atomic E-state index is 12.5. The van der Waals surface area contributed by atoms with Gasteiger partial charge >= 0.3 is 12.3 Å². The van der Waals surface area contributed by atoms with Crippen LogP contribution < -0.4 is 10.1 Å². The quantitative estimate of drug-likeness (QED) is 0.552. The van der Waals surface area contributed by atoms with Gasteiger partial charge < -0.3 is 20.1 Å². The number of thiazole rings is 1. The third kappa shape index (κ3) is 6.32. The fraction of sp³-hybridized carbons (Fsp3) is 0.556. The minimum atomic E-state index is -4.41. The monoisotopic (exact) mass is 461 g/mol. The highest BCUT2D eigenvalue weighted by molar-refractivity contribution is 7.13. The molecule has 3 N–H and O–H groups in total. The lowest BCUT2D eigenvalue weighted by Gasteiger charge is -2.26. The van der Waals surface area contributed by atoms with E-state index in [1.807, 2.05) is 0 Å².